The summed E-state index contributed by atoms with van der Waals surface area (Å²) in [6.45, 7) is 15.9. The lowest BCUT2D eigenvalue weighted by Crippen LogP contribution is -2.62. The van der Waals surface area contributed by atoms with E-state index >= 15 is 0 Å². The van der Waals surface area contributed by atoms with Gasteiger partial charge in [0.2, 0.25) is 0 Å². The molecule has 0 bridgehead atoms. The maximum Gasteiger partial charge on any atom is 0.314 e. The Morgan fingerprint density at radius 3 is 1.28 bits per heavy atom. The average molecular weight is 463 g/mol. The highest BCUT2D eigenvalue weighted by atomic mass is 28.5. The standard InChI is InChI=1S/C22H38O3Si4/c1-23-29(21-15-11-9-12-16-21,22-17-13-10-14-18-22)20-19-28(8,24-26(2,3)4)25-27(5,6)7/h9-18H,19-20H2,1-8H3. The van der Waals surface area contributed by atoms with E-state index in [1.165, 1.54) is 10.4 Å². The van der Waals surface area contributed by atoms with Crippen molar-refractivity contribution in [1.29, 1.82) is 0 Å². The molecule has 2 aromatic rings. The predicted molar refractivity (Wildman–Crippen MR) is 135 cm³/mol. The number of hydrogen-bond donors (Lipinski definition) is 0. The second-order valence-electron chi connectivity index (χ2n) is 9.83. The minimum Gasteiger partial charge on any atom is -0.437 e. The molecule has 0 saturated heterocycles. The van der Waals surface area contributed by atoms with Crippen LogP contribution in [0.5, 0.6) is 0 Å². The summed E-state index contributed by atoms with van der Waals surface area (Å²) in [6.07, 6.45) is 0. The first kappa shape index (κ1) is 24.5. The summed E-state index contributed by atoms with van der Waals surface area (Å²) >= 11 is 0. The van der Waals surface area contributed by atoms with Gasteiger partial charge >= 0.3 is 8.56 Å². The molecule has 7 heteroatoms. The van der Waals surface area contributed by atoms with Gasteiger partial charge in [0.1, 0.15) is 0 Å². The van der Waals surface area contributed by atoms with Crippen LogP contribution < -0.4 is 10.4 Å². The molecule has 0 aliphatic rings. The Bertz CT molecular complexity index is 700. The zero-order chi connectivity index (χ0) is 21.8. The second-order valence-corrected chi connectivity index (χ2v) is 26.4. The van der Waals surface area contributed by atoms with Crippen LogP contribution in [0.3, 0.4) is 0 Å². The molecule has 0 N–H and O–H groups in total. The van der Waals surface area contributed by atoms with E-state index in [0.29, 0.717) is 0 Å². The van der Waals surface area contributed by atoms with Crippen LogP contribution in [-0.2, 0) is 12.7 Å². The van der Waals surface area contributed by atoms with Gasteiger partial charge in [-0.1, -0.05) is 60.7 Å². The Kier molecular flexibility index (Phi) is 8.05. The van der Waals surface area contributed by atoms with Gasteiger partial charge in [-0.15, -0.1) is 0 Å². The first-order valence-electron chi connectivity index (χ1n) is 10.5. The molecule has 0 saturated carbocycles. The molecule has 3 nitrogen and oxygen atoms in total. The zero-order valence-corrected chi connectivity index (χ0v) is 23.4. The largest absolute Gasteiger partial charge is 0.437 e. The summed E-state index contributed by atoms with van der Waals surface area (Å²) in [6, 6.07) is 23.4. The summed E-state index contributed by atoms with van der Waals surface area (Å²) < 4.78 is 20.0. The first-order valence-corrected chi connectivity index (χ1v) is 21.9. The summed E-state index contributed by atoms with van der Waals surface area (Å²) in [7, 11) is -6.28. The minimum atomic E-state index is -2.38. The molecule has 0 radical (unpaired) electrons. The predicted octanol–water partition coefficient (Wildman–Crippen LogP) is 5.17. The molecule has 160 valence electrons. The monoisotopic (exact) mass is 462 g/mol. The van der Waals surface area contributed by atoms with Gasteiger partial charge in [-0.25, -0.2) is 0 Å². The number of rotatable bonds is 10. The van der Waals surface area contributed by atoms with Crippen molar-refractivity contribution in [3.8, 4) is 0 Å². The van der Waals surface area contributed by atoms with Gasteiger partial charge in [0.15, 0.2) is 16.6 Å². The fourth-order valence-electron chi connectivity index (χ4n) is 4.03. The summed E-state index contributed by atoms with van der Waals surface area (Å²) in [5.41, 5.74) is 0. The molecule has 0 fully saturated rings. The van der Waals surface area contributed by atoms with Crippen molar-refractivity contribution in [2.45, 2.75) is 57.9 Å². The third-order valence-corrected chi connectivity index (χ3v) is 19.0. The topological polar surface area (TPSA) is 27.7 Å². The van der Waals surface area contributed by atoms with Gasteiger partial charge in [0.25, 0.3) is 8.32 Å². The van der Waals surface area contributed by atoms with Gasteiger partial charge in [0, 0.05) is 7.11 Å². The fourth-order valence-corrected chi connectivity index (χ4v) is 22.0. The lowest BCUT2D eigenvalue weighted by Gasteiger charge is -2.40. The van der Waals surface area contributed by atoms with Crippen LogP contribution in [-0.4, -0.2) is 40.6 Å². The van der Waals surface area contributed by atoms with E-state index in [9.17, 15) is 0 Å². The van der Waals surface area contributed by atoms with E-state index in [1.807, 2.05) is 7.11 Å². The van der Waals surface area contributed by atoms with Gasteiger partial charge in [-0.2, -0.15) is 0 Å². The van der Waals surface area contributed by atoms with Crippen molar-refractivity contribution in [3.05, 3.63) is 60.7 Å². The highest BCUT2D eigenvalue weighted by Crippen LogP contribution is 2.29. The number of benzene rings is 2. The third kappa shape index (κ3) is 7.13. The Labute approximate surface area is 182 Å². The van der Waals surface area contributed by atoms with E-state index < -0.39 is 33.5 Å². The van der Waals surface area contributed by atoms with Gasteiger partial charge in [-0.3, -0.25) is 0 Å². The lowest BCUT2D eigenvalue weighted by molar-refractivity contribution is 0.380. The summed E-state index contributed by atoms with van der Waals surface area (Å²) in [5.74, 6) is 0. The molecule has 0 atom stereocenters. The zero-order valence-electron chi connectivity index (χ0n) is 19.4. The Balaban J connectivity index is 2.44. The van der Waals surface area contributed by atoms with Crippen LogP contribution >= 0.6 is 0 Å². The lowest BCUT2D eigenvalue weighted by atomic mass is 10.4. The Morgan fingerprint density at radius 1 is 0.586 bits per heavy atom. The molecule has 0 heterocycles. The molecule has 0 spiro atoms. The smallest absolute Gasteiger partial charge is 0.314 e. The first-order chi connectivity index (χ1) is 13.4. The van der Waals surface area contributed by atoms with Crippen molar-refractivity contribution in [2.24, 2.45) is 0 Å². The van der Waals surface area contributed by atoms with Crippen molar-refractivity contribution >= 4 is 43.9 Å². The highest BCUT2D eigenvalue weighted by molar-refractivity contribution is 6.98. The van der Waals surface area contributed by atoms with Crippen LogP contribution in [0.25, 0.3) is 0 Å². The van der Waals surface area contributed by atoms with Crippen molar-refractivity contribution < 1.29 is 12.7 Å². The van der Waals surface area contributed by atoms with E-state index in [2.05, 4.69) is 106 Å². The Morgan fingerprint density at radius 2 is 0.966 bits per heavy atom. The second kappa shape index (κ2) is 9.55. The minimum absolute atomic E-state index is 0.950. The normalized spacial score (nSPS) is 13.5. The van der Waals surface area contributed by atoms with Crippen molar-refractivity contribution in [1.82, 2.24) is 0 Å². The van der Waals surface area contributed by atoms with Crippen molar-refractivity contribution in [3.63, 3.8) is 0 Å². The van der Waals surface area contributed by atoms with Gasteiger partial charge < -0.3 is 12.7 Å². The molecular weight excluding hydrogens is 425 g/mol. The van der Waals surface area contributed by atoms with Crippen LogP contribution in [0.15, 0.2) is 60.7 Å². The van der Waals surface area contributed by atoms with E-state index in [0.717, 1.165) is 12.1 Å². The maximum atomic E-state index is 6.77. The van der Waals surface area contributed by atoms with Crippen LogP contribution in [0.2, 0.25) is 57.9 Å². The SMILES string of the molecule is CO[Si](CC[Si](C)(O[Si](C)(C)C)O[Si](C)(C)C)(c1ccccc1)c1ccccc1. The number of hydrogen-bond acceptors (Lipinski definition) is 3. The Hall–Kier alpha value is -0.812. The van der Waals surface area contributed by atoms with Crippen LogP contribution in [0, 0.1) is 0 Å². The van der Waals surface area contributed by atoms with E-state index in [1.54, 1.807) is 0 Å². The highest BCUT2D eigenvalue weighted by Gasteiger charge is 2.45. The third-order valence-electron chi connectivity index (χ3n) is 4.80. The molecular formula is C22H38O3Si4. The molecule has 0 amide bonds. The van der Waals surface area contributed by atoms with Gasteiger partial charge in [-0.05, 0) is 68.3 Å². The van der Waals surface area contributed by atoms with E-state index in [-0.39, 0.29) is 0 Å². The molecule has 0 aromatic heterocycles. The molecule has 0 unspecified atom stereocenters. The van der Waals surface area contributed by atoms with Crippen LogP contribution in [0.1, 0.15) is 0 Å². The van der Waals surface area contributed by atoms with Crippen LogP contribution in [0.4, 0.5) is 0 Å². The van der Waals surface area contributed by atoms with Gasteiger partial charge in [0.05, 0.1) is 0 Å². The van der Waals surface area contributed by atoms with Crippen molar-refractivity contribution in [2.75, 3.05) is 7.11 Å². The fraction of sp³-hybridized carbons (Fsp3) is 0.455. The average Bonchev–Trinajstić information content (AvgIpc) is 2.61. The molecule has 2 aromatic carbocycles. The summed E-state index contributed by atoms with van der Waals surface area (Å²) in [4.78, 5) is 0. The van der Waals surface area contributed by atoms with E-state index in [4.69, 9.17) is 12.7 Å². The summed E-state index contributed by atoms with van der Waals surface area (Å²) in [5, 5.41) is 2.62. The molecule has 0 aliphatic carbocycles. The molecule has 0 aliphatic heterocycles. The quantitative estimate of drug-likeness (QED) is 0.456. The molecule has 2 rings (SSSR count). The molecule has 29 heavy (non-hydrogen) atoms. The maximum absolute atomic E-state index is 6.77.